The van der Waals surface area contributed by atoms with Crippen molar-refractivity contribution in [1.29, 1.82) is 0 Å². The highest BCUT2D eigenvalue weighted by atomic mass is 31.0. The fourth-order valence-electron chi connectivity index (χ4n) is 0.955. The Morgan fingerprint density at radius 2 is 1.39 bits per heavy atom. The minimum atomic E-state index is 0. The molecule has 0 radical (unpaired) electrons. The Kier molecular flexibility index (Phi) is 10.8. The van der Waals surface area contributed by atoms with E-state index in [1.165, 1.54) is 12.8 Å². The molecule has 2 aliphatic rings. The first-order chi connectivity index (χ1) is 8.39. The Morgan fingerprint density at radius 1 is 0.889 bits per heavy atom. The van der Waals surface area contributed by atoms with Gasteiger partial charge in [-0.2, -0.15) is 9.90 Å². The zero-order valence-corrected chi connectivity index (χ0v) is 11.6. The molecule has 0 spiro atoms. The third kappa shape index (κ3) is 9.60. The molecule has 0 bridgehead atoms. The van der Waals surface area contributed by atoms with Crippen LogP contribution in [-0.2, 0) is 9.47 Å². The van der Waals surface area contributed by atoms with Crippen LogP contribution in [0.25, 0.3) is 0 Å². The van der Waals surface area contributed by atoms with Gasteiger partial charge in [0.15, 0.2) is 12.8 Å². The van der Waals surface area contributed by atoms with Crippen molar-refractivity contribution in [2.24, 2.45) is 9.98 Å². The third-order valence-corrected chi connectivity index (χ3v) is 1.73. The predicted molar refractivity (Wildman–Crippen MR) is 77.8 cm³/mol. The van der Waals surface area contributed by atoms with Crippen LogP contribution in [-0.4, -0.2) is 44.2 Å². The summed E-state index contributed by atoms with van der Waals surface area (Å²) in [7, 11) is 0. The van der Waals surface area contributed by atoms with E-state index in [9.17, 15) is 0 Å². The Morgan fingerprint density at radius 3 is 1.56 bits per heavy atom. The highest BCUT2D eigenvalue weighted by Crippen LogP contribution is 2.02. The number of phenols is 1. The standard InChI is InChI=1S/C6H6O.2C3H5NO.H3P/c7-6-4-2-1-3-5-6;2*1-2-5-3-4-1;/h1-5,7H;2*3H,1-2H2;1H3. The van der Waals surface area contributed by atoms with Crippen molar-refractivity contribution in [3.63, 3.8) is 0 Å². The maximum atomic E-state index is 8.63. The summed E-state index contributed by atoms with van der Waals surface area (Å²) in [4.78, 5) is 7.47. The van der Waals surface area contributed by atoms with Gasteiger partial charge in [-0.25, -0.2) is 0 Å². The molecule has 2 aliphatic heterocycles. The number of benzene rings is 1. The van der Waals surface area contributed by atoms with E-state index in [1.807, 2.05) is 6.07 Å². The normalized spacial score (nSPS) is 14.0. The van der Waals surface area contributed by atoms with E-state index in [2.05, 4.69) is 19.5 Å². The van der Waals surface area contributed by atoms with Gasteiger partial charge < -0.3 is 14.6 Å². The van der Waals surface area contributed by atoms with Crippen molar-refractivity contribution >= 4 is 22.7 Å². The van der Waals surface area contributed by atoms with Crippen molar-refractivity contribution < 1.29 is 14.6 Å². The summed E-state index contributed by atoms with van der Waals surface area (Å²) in [5.41, 5.74) is 0. The monoisotopic (exact) mass is 270 g/mol. The van der Waals surface area contributed by atoms with Gasteiger partial charge in [0.1, 0.15) is 19.0 Å². The van der Waals surface area contributed by atoms with E-state index >= 15 is 0 Å². The van der Waals surface area contributed by atoms with E-state index in [4.69, 9.17) is 5.11 Å². The van der Waals surface area contributed by atoms with Crippen LogP contribution in [0.4, 0.5) is 0 Å². The molecule has 0 amide bonds. The van der Waals surface area contributed by atoms with Crippen LogP contribution >= 0.6 is 9.90 Å². The molecule has 1 aromatic carbocycles. The van der Waals surface area contributed by atoms with E-state index in [0.29, 0.717) is 5.75 Å². The molecule has 3 rings (SSSR count). The van der Waals surface area contributed by atoms with Gasteiger partial charge in [-0.05, 0) is 12.1 Å². The molecule has 1 aromatic rings. The van der Waals surface area contributed by atoms with Crippen LogP contribution in [0.15, 0.2) is 40.3 Å². The van der Waals surface area contributed by atoms with Crippen LogP contribution in [0.1, 0.15) is 0 Å². The van der Waals surface area contributed by atoms with Gasteiger partial charge in [-0.1, -0.05) is 18.2 Å². The van der Waals surface area contributed by atoms with Gasteiger partial charge in [0.05, 0.1) is 13.1 Å². The minimum absolute atomic E-state index is 0. The molecule has 1 unspecified atom stereocenters. The first-order valence-electron chi connectivity index (χ1n) is 5.33. The van der Waals surface area contributed by atoms with Gasteiger partial charge in [0.2, 0.25) is 0 Å². The predicted octanol–water partition coefficient (Wildman–Crippen LogP) is 1.54. The van der Waals surface area contributed by atoms with Crippen LogP contribution in [0.3, 0.4) is 0 Å². The second-order valence-electron chi connectivity index (χ2n) is 3.10. The fourth-order valence-corrected chi connectivity index (χ4v) is 0.955. The van der Waals surface area contributed by atoms with Crippen molar-refractivity contribution in [3.8, 4) is 5.75 Å². The lowest BCUT2D eigenvalue weighted by Gasteiger charge is -1.82. The SMILES string of the molecule is C1=NCCO1.C1=NCCO1.Oc1ccccc1.P. The summed E-state index contributed by atoms with van der Waals surface area (Å²) in [6, 6.07) is 8.71. The average Bonchev–Trinajstić information content (AvgIpc) is 3.09. The van der Waals surface area contributed by atoms with Gasteiger partial charge in [-0.15, -0.1) is 0 Å². The average molecular weight is 270 g/mol. The molecule has 0 aliphatic carbocycles. The molecule has 1 atom stereocenters. The molecule has 0 aromatic heterocycles. The lowest BCUT2D eigenvalue weighted by molar-refractivity contribution is 0.361. The van der Waals surface area contributed by atoms with Crippen molar-refractivity contribution in [3.05, 3.63) is 30.3 Å². The summed E-state index contributed by atoms with van der Waals surface area (Å²) < 4.78 is 9.31. The molecule has 2 heterocycles. The smallest absolute Gasteiger partial charge is 0.169 e. The molecule has 6 heteroatoms. The van der Waals surface area contributed by atoms with Crippen molar-refractivity contribution in [2.75, 3.05) is 26.3 Å². The minimum Gasteiger partial charge on any atom is -0.508 e. The van der Waals surface area contributed by atoms with Crippen LogP contribution in [0.2, 0.25) is 0 Å². The maximum Gasteiger partial charge on any atom is 0.169 e. The van der Waals surface area contributed by atoms with Gasteiger partial charge in [0, 0.05) is 0 Å². The summed E-state index contributed by atoms with van der Waals surface area (Å²) in [5.74, 6) is 0.322. The Balaban J connectivity index is 0.000000239. The highest BCUT2D eigenvalue weighted by molar-refractivity contribution is 6.92. The molecule has 0 saturated carbocycles. The van der Waals surface area contributed by atoms with Gasteiger partial charge >= 0.3 is 0 Å². The number of aromatic hydroxyl groups is 1. The quantitative estimate of drug-likeness (QED) is 0.727. The number of phenolic OH excluding ortho intramolecular Hbond substituents is 1. The van der Waals surface area contributed by atoms with Crippen LogP contribution < -0.4 is 0 Å². The summed E-state index contributed by atoms with van der Waals surface area (Å²) >= 11 is 0. The Hall–Kier alpha value is -1.61. The molecule has 0 fully saturated rings. The number of ether oxygens (including phenoxy) is 2. The second-order valence-corrected chi connectivity index (χ2v) is 3.10. The first-order valence-corrected chi connectivity index (χ1v) is 5.33. The first kappa shape index (κ1) is 16.4. The summed E-state index contributed by atoms with van der Waals surface area (Å²) in [6.07, 6.45) is 2.97. The van der Waals surface area contributed by atoms with Crippen LogP contribution in [0, 0.1) is 0 Å². The lowest BCUT2D eigenvalue weighted by atomic mass is 10.3. The zero-order valence-electron chi connectivity index (χ0n) is 10.2. The molecular weight excluding hydrogens is 251 g/mol. The Bertz CT molecular complexity index is 316. The van der Waals surface area contributed by atoms with E-state index in [1.54, 1.807) is 24.3 Å². The van der Waals surface area contributed by atoms with E-state index in [0.717, 1.165) is 26.3 Å². The third-order valence-electron chi connectivity index (χ3n) is 1.73. The highest BCUT2D eigenvalue weighted by Gasteiger charge is 1.85. The number of rotatable bonds is 0. The number of aliphatic imine (C=N–C) groups is 2. The second kappa shape index (κ2) is 11.9. The molecule has 0 saturated heterocycles. The molecule has 18 heavy (non-hydrogen) atoms. The molecular formula is C12H19N2O3P. The summed E-state index contributed by atoms with van der Waals surface area (Å²) in [6.45, 7) is 3.25. The number of para-hydroxylation sites is 1. The fraction of sp³-hybridized carbons (Fsp3) is 0.333. The van der Waals surface area contributed by atoms with Gasteiger partial charge in [0.25, 0.3) is 0 Å². The van der Waals surface area contributed by atoms with Crippen molar-refractivity contribution in [1.82, 2.24) is 0 Å². The van der Waals surface area contributed by atoms with E-state index in [-0.39, 0.29) is 9.90 Å². The number of nitrogens with zero attached hydrogens (tertiary/aromatic N) is 2. The molecule has 1 N–H and O–H groups in total. The largest absolute Gasteiger partial charge is 0.508 e. The molecule has 100 valence electrons. The number of hydrogen-bond acceptors (Lipinski definition) is 5. The van der Waals surface area contributed by atoms with Crippen LogP contribution in [0.5, 0.6) is 5.75 Å². The maximum absolute atomic E-state index is 8.63. The lowest BCUT2D eigenvalue weighted by Crippen LogP contribution is -1.80. The summed E-state index contributed by atoms with van der Waals surface area (Å²) in [5, 5.41) is 8.63. The van der Waals surface area contributed by atoms with E-state index < -0.39 is 0 Å². The zero-order chi connectivity index (χ0) is 12.2. The topological polar surface area (TPSA) is 63.4 Å². The number of hydrogen-bond donors (Lipinski definition) is 1. The van der Waals surface area contributed by atoms with Crippen molar-refractivity contribution in [2.45, 2.75) is 0 Å². The van der Waals surface area contributed by atoms with Gasteiger partial charge in [-0.3, -0.25) is 9.98 Å². The molecule has 5 nitrogen and oxygen atoms in total. The Labute approximate surface area is 110 Å².